The molecule has 6 heteroatoms. The smallest absolute Gasteiger partial charge is 0.142 e. The molecule has 0 spiro atoms. The summed E-state index contributed by atoms with van der Waals surface area (Å²) in [6, 6.07) is 13.5. The van der Waals surface area contributed by atoms with E-state index < -0.39 is 0 Å². The van der Waals surface area contributed by atoms with Crippen molar-refractivity contribution in [2.45, 2.75) is 0 Å². The first kappa shape index (κ1) is 13.3. The summed E-state index contributed by atoms with van der Waals surface area (Å²) < 4.78 is 0. The summed E-state index contributed by atoms with van der Waals surface area (Å²) in [5, 5.41) is 9.06. The van der Waals surface area contributed by atoms with Crippen molar-refractivity contribution in [1.82, 2.24) is 25.1 Å². The summed E-state index contributed by atoms with van der Waals surface area (Å²) in [7, 11) is 0. The van der Waals surface area contributed by atoms with Gasteiger partial charge in [-0.2, -0.15) is 5.10 Å². The highest BCUT2D eigenvalue weighted by atomic mass is 15.1. The van der Waals surface area contributed by atoms with Crippen LogP contribution in [-0.4, -0.2) is 25.1 Å². The number of anilines is 1. The second-order valence-electron chi connectivity index (χ2n) is 5.01. The summed E-state index contributed by atoms with van der Waals surface area (Å²) >= 11 is 0. The average Bonchev–Trinajstić information content (AvgIpc) is 2.62. The molecule has 2 N–H and O–H groups in total. The molecule has 1 aromatic carbocycles. The first-order valence-corrected chi connectivity index (χ1v) is 7.07. The summed E-state index contributed by atoms with van der Waals surface area (Å²) in [6.45, 7) is 0. The zero-order chi connectivity index (χ0) is 15.6. The molecular formula is C17H12N6. The van der Waals surface area contributed by atoms with Crippen LogP contribution < -0.4 is 5.73 Å². The molecule has 3 heterocycles. The van der Waals surface area contributed by atoms with E-state index in [0.717, 1.165) is 16.5 Å². The number of nitrogens with two attached hydrogens (primary N) is 1. The molecule has 4 rings (SSSR count). The number of rotatable bonds is 2. The van der Waals surface area contributed by atoms with Gasteiger partial charge < -0.3 is 5.73 Å². The van der Waals surface area contributed by atoms with E-state index in [1.54, 1.807) is 24.7 Å². The van der Waals surface area contributed by atoms with Gasteiger partial charge in [0.1, 0.15) is 17.2 Å². The van der Waals surface area contributed by atoms with Crippen molar-refractivity contribution < 1.29 is 0 Å². The van der Waals surface area contributed by atoms with Crippen molar-refractivity contribution in [2.75, 3.05) is 5.73 Å². The van der Waals surface area contributed by atoms with Crippen LogP contribution in [0.1, 0.15) is 0 Å². The van der Waals surface area contributed by atoms with Crippen LogP contribution in [0.2, 0.25) is 0 Å². The molecule has 3 aromatic heterocycles. The van der Waals surface area contributed by atoms with Crippen molar-refractivity contribution in [1.29, 1.82) is 0 Å². The van der Waals surface area contributed by atoms with E-state index in [2.05, 4.69) is 25.1 Å². The van der Waals surface area contributed by atoms with E-state index >= 15 is 0 Å². The Hall–Kier alpha value is -3.41. The Morgan fingerprint density at radius 3 is 2.65 bits per heavy atom. The molecule has 0 fully saturated rings. The van der Waals surface area contributed by atoms with Gasteiger partial charge >= 0.3 is 0 Å². The zero-order valence-corrected chi connectivity index (χ0v) is 12.1. The summed E-state index contributed by atoms with van der Waals surface area (Å²) in [5.41, 5.74) is 9.62. The van der Waals surface area contributed by atoms with Crippen molar-refractivity contribution in [3.63, 3.8) is 0 Å². The molecule has 0 aliphatic carbocycles. The average molecular weight is 300 g/mol. The number of pyridine rings is 1. The van der Waals surface area contributed by atoms with Crippen molar-refractivity contribution in [3.05, 3.63) is 61.1 Å². The fourth-order valence-corrected chi connectivity index (χ4v) is 2.44. The van der Waals surface area contributed by atoms with Crippen LogP contribution in [0.3, 0.4) is 0 Å². The van der Waals surface area contributed by atoms with Gasteiger partial charge in [0, 0.05) is 23.3 Å². The quantitative estimate of drug-likeness (QED) is 0.612. The standard InChI is InChI=1S/C17H12N6/c18-15-10-20-16(17(22-15)14-4-2-8-21-23-14)12-5-6-13-11(9-12)3-1-7-19-13/h1-10H,(H2,18,22). The molecule has 4 aromatic rings. The van der Waals surface area contributed by atoms with Gasteiger partial charge in [-0.15, -0.1) is 5.10 Å². The van der Waals surface area contributed by atoms with Gasteiger partial charge in [-0.1, -0.05) is 12.1 Å². The Labute approximate surface area is 132 Å². The SMILES string of the molecule is Nc1cnc(-c2ccc3ncccc3c2)c(-c2cccnn2)n1. The molecule has 6 nitrogen and oxygen atoms in total. The number of hydrogen-bond acceptors (Lipinski definition) is 6. The second kappa shape index (κ2) is 5.42. The lowest BCUT2D eigenvalue weighted by molar-refractivity contribution is 1.03. The van der Waals surface area contributed by atoms with Gasteiger partial charge in [0.2, 0.25) is 0 Å². The third kappa shape index (κ3) is 2.46. The normalized spacial score (nSPS) is 10.8. The highest BCUT2D eigenvalue weighted by Gasteiger charge is 2.13. The minimum Gasteiger partial charge on any atom is -0.382 e. The maximum absolute atomic E-state index is 5.80. The molecule has 110 valence electrons. The van der Waals surface area contributed by atoms with Crippen LogP contribution in [0, 0.1) is 0 Å². The van der Waals surface area contributed by atoms with Crippen molar-refractivity contribution in [2.24, 2.45) is 0 Å². The Kier molecular flexibility index (Phi) is 3.12. The first-order chi connectivity index (χ1) is 11.3. The van der Waals surface area contributed by atoms with Gasteiger partial charge in [0.25, 0.3) is 0 Å². The third-order valence-corrected chi connectivity index (χ3v) is 3.48. The Morgan fingerprint density at radius 1 is 0.870 bits per heavy atom. The monoisotopic (exact) mass is 300 g/mol. The van der Waals surface area contributed by atoms with Crippen molar-refractivity contribution >= 4 is 16.7 Å². The third-order valence-electron chi connectivity index (χ3n) is 3.48. The number of aromatic nitrogens is 5. The van der Waals surface area contributed by atoms with Crippen molar-refractivity contribution in [3.8, 4) is 22.6 Å². The molecule has 0 amide bonds. The zero-order valence-electron chi connectivity index (χ0n) is 12.1. The Balaban J connectivity index is 1.94. The highest BCUT2D eigenvalue weighted by molar-refractivity contribution is 5.86. The lowest BCUT2D eigenvalue weighted by Crippen LogP contribution is -2.00. The van der Waals surface area contributed by atoms with Gasteiger partial charge in [-0.25, -0.2) is 4.98 Å². The van der Waals surface area contributed by atoms with E-state index in [-0.39, 0.29) is 0 Å². The number of nitrogen functional groups attached to an aromatic ring is 1. The highest BCUT2D eigenvalue weighted by Crippen LogP contribution is 2.29. The van der Waals surface area contributed by atoms with E-state index in [9.17, 15) is 0 Å². The summed E-state index contributed by atoms with van der Waals surface area (Å²) in [4.78, 5) is 13.2. The molecule has 0 unspecified atom stereocenters. The minimum atomic E-state index is 0.344. The fourth-order valence-electron chi connectivity index (χ4n) is 2.44. The van der Waals surface area contributed by atoms with Crippen LogP contribution >= 0.6 is 0 Å². The number of benzene rings is 1. The molecule has 0 atom stereocenters. The fraction of sp³-hybridized carbons (Fsp3) is 0. The van der Waals surface area contributed by atoms with Crippen LogP contribution in [0.5, 0.6) is 0 Å². The van der Waals surface area contributed by atoms with Crippen LogP contribution in [0.4, 0.5) is 5.82 Å². The lowest BCUT2D eigenvalue weighted by Gasteiger charge is -2.08. The molecular weight excluding hydrogens is 288 g/mol. The Morgan fingerprint density at radius 2 is 1.78 bits per heavy atom. The van der Waals surface area contributed by atoms with Crippen LogP contribution in [0.25, 0.3) is 33.5 Å². The predicted octanol–water partition coefficient (Wildman–Crippen LogP) is 2.73. The van der Waals surface area contributed by atoms with E-state index in [1.807, 2.05) is 36.4 Å². The largest absolute Gasteiger partial charge is 0.382 e. The predicted molar refractivity (Wildman–Crippen MR) is 88.2 cm³/mol. The summed E-state index contributed by atoms with van der Waals surface area (Å²) in [6.07, 6.45) is 4.93. The summed E-state index contributed by atoms with van der Waals surface area (Å²) in [5.74, 6) is 0.344. The van der Waals surface area contributed by atoms with E-state index in [0.29, 0.717) is 22.9 Å². The topological polar surface area (TPSA) is 90.5 Å². The Bertz CT molecular complexity index is 984. The van der Waals surface area contributed by atoms with Gasteiger partial charge in [-0.05, 0) is 30.3 Å². The number of hydrogen-bond donors (Lipinski definition) is 1. The molecule has 0 saturated heterocycles. The van der Waals surface area contributed by atoms with Gasteiger partial charge in [-0.3, -0.25) is 9.97 Å². The maximum atomic E-state index is 5.80. The lowest BCUT2D eigenvalue weighted by atomic mass is 10.0. The minimum absolute atomic E-state index is 0.344. The van der Waals surface area contributed by atoms with Gasteiger partial charge in [0.15, 0.2) is 0 Å². The van der Waals surface area contributed by atoms with Gasteiger partial charge in [0.05, 0.1) is 17.4 Å². The first-order valence-electron chi connectivity index (χ1n) is 7.07. The molecule has 0 bridgehead atoms. The molecule has 0 saturated carbocycles. The second-order valence-corrected chi connectivity index (χ2v) is 5.01. The maximum Gasteiger partial charge on any atom is 0.142 e. The molecule has 23 heavy (non-hydrogen) atoms. The van der Waals surface area contributed by atoms with Crippen LogP contribution in [-0.2, 0) is 0 Å². The molecule has 0 aliphatic rings. The van der Waals surface area contributed by atoms with Crippen LogP contribution in [0.15, 0.2) is 61.1 Å². The number of fused-ring (bicyclic) bond motifs is 1. The molecule has 0 aliphatic heterocycles. The van der Waals surface area contributed by atoms with E-state index in [4.69, 9.17) is 5.73 Å². The van der Waals surface area contributed by atoms with E-state index in [1.165, 1.54) is 0 Å². The number of nitrogens with zero attached hydrogens (tertiary/aromatic N) is 5. The molecule has 0 radical (unpaired) electrons.